The van der Waals surface area contributed by atoms with Crippen LogP contribution in [0.3, 0.4) is 0 Å². The summed E-state index contributed by atoms with van der Waals surface area (Å²) in [4.78, 5) is 41.0. The number of carbonyl (C=O) groups excluding carboxylic acids is 3. The van der Waals surface area contributed by atoms with Crippen LogP contribution in [0, 0.1) is 17.8 Å². The van der Waals surface area contributed by atoms with E-state index in [-0.39, 0.29) is 36.3 Å². The van der Waals surface area contributed by atoms with Gasteiger partial charge in [-0.15, -0.1) is 0 Å². The van der Waals surface area contributed by atoms with Crippen LogP contribution in [-0.2, 0) is 16.0 Å². The monoisotopic (exact) mass is 575 g/mol. The lowest BCUT2D eigenvalue weighted by Gasteiger charge is -2.28. The van der Waals surface area contributed by atoms with Crippen molar-refractivity contribution < 1.29 is 24.2 Å². The van der Waals surface area contributed by atoms with E-state index >= 15 is 0 Å². The van der Waals surface area contributed by atoms with Crippen LogP contribution in [0.4, 0.5) is 5.69 Å². The molecule has 3 fully saturated rings. The lowest BCUT2D eigenvalue weighted by Crippen LogP contribution is -2.47. The van der Waals surface area contributed by atoms with Crippen LogP contribution < -0.4 is 20.3 Å². The van der Waals surface area contributed by atoms with Gasteiger partial charge in [-0.2, -0.15) is 0 Å². The van der Waals surface area contributed by atoms with Crippen molar-refractivity contribution in [2.24, 2.45) is 17.8 Å². The van der Waals surface area contributed by atoms with E-state index in [1.165, 1.54) is 19.3 Å². The van der Waals surface area contributed by atoms with E-state index in [1.54, 1.807) is 23.1 Å². The quantitative estimate of drug-likeness (QED) is 0.342. The highest BCUT2D eigenvalue weighted by atomic mass is 16.5. The fourth-order valence-electron chi connectivity index (χ4n) is 6.91. The maximum Gasteiger partial charge on any atom is 0.251 e. The van der Waals surface area contributed by atoms with Gasteiger partial charge in [0.05, 0.1) is 18.2 Å². The lowest BCUT2D eigenvalue weighted by atomic mass is 9.91. The maximum atomic E-state index is 13.7. The van der Waals surface area contributed by atoms with Crippen molar-refractivity contribution in [2.45, 2.75) is 96.4 Å². The van der Waals surface area contributed by atoms with Gasteiger partial charge in [-0.1, -0.05) is 43.7 Å². The van der Waals surface area contributed by atoms with E-state index in [9.17, 15) is 19.5 Å². The smallest absolute Gasteiger partial charge is 0.251 e. The molecule has 0 spiro atoms. The Hall–Kier alpha value is -3.39. The first-order valence-electron chi connectivity index (χ1n) is 15.6. The lowest BCUT2D eigenvalue weighted by molar-refractivity contribution is -0.126. The molecule has 6 atom stereocenters. The molecule has 5 rings (SSSR count). The Bertz CT molecular complexity index is 1270. The van der Waals surface area contributed by atoms with Crippen molar-refractivity contribution in [3.63, 3.8) is 0 Å². The molecule has 0 aromatic heterocycles. The Labute approximate surface area is 249 Å². The summed E-state index contributed by atoms with van der Waals surface area (Å²) in [6.45, 7) is 6.27. The predicted molar refractivity (Wildman–Crippen MR) is 162 cm³/mol. The van der Waals surface area contributed by atoms with Crippen LogP contribution in [0.2, 0.25) is 0 Å². The topological polar surface area (TPSA) is 108 Å². The summed E-state index contributed by atoms with van der Waals surface area (Å²) in [5.41, 5.74) is 1.96. The number of nitrogens with one attached hydrogen (secondary N) is 2. The first-order chi connectivity index (χ1) is 20.2. The highest BCUT2D eigenvalue weighted by Gasteiger charge is 2.40. The number of hydrogen-bond donors (Lipinski definition) is 3. The first kappa shape index (κ1) is 30.1. The molecule has 1 heterocycles. The number of nitrogens with zero attached hydrogens (tertiary/aromatic N) is 1. The molecule has 2 aromatic carbocycles. The summed E-state index contributed by atoms with van der Waals surface area (Å²) in [6.07, 6.45) is 5.58. The molecule has 226 valence electrons. The standard InChI is InChI=1S/C34H45N3O5/c1-21(2)42-28-19-26(18-27(20-28)37-13-7-10-32(37)39)34(41)36-30(16-23-8-5-4-6-9-23)31(38)14-22(3)33(40)35-29-17-24-11-12-25(29)15-24/h4-6,8-9,18-22,24-25,29-31,38H,7,10-17H2,1-3H3,(H,35,40)(H,36,41)/t22-,24?,25?,29?,30+,31-/m1/s1. The summed E-state index contributed by atoms with van der Waals surface area (Å²) in [7, 11) is 0. The maximum absolute atomic E-state index is 13.7. The van der Waals surface area contributed by atoms with Crippen LogP contribution in [0.5, 0.6) is 5.75 Å². The minimum absolute atomic E-state index is 0.0260. The fraction of sp³-hybridized carbons (Fsp3) is 0.559. The van der Waals surface area contributed by atoms with Crippen LogP contribution in [-0.4, -0.2) is 53.7 Å². The number of anilines is 1. The second kappa shape index (κ2) is 13.3. The molecule has 8 heteroatoms. The minimum atomic E-state index is -0.940. The van der Waals surface area contributed by atoms with Crippen LogP contribution in [0.25, 0.3) is 0 Å². The average molecular weight is 576 g/mol. The number of rotatable bonds is 12. The van der Waals surface area contributed by atoms with Crippen LogP contribution in [0.1, 0.15) is 81.6 Å². The van der Waals surface area contributed by atoms with E-state index in [0.29, 0.717) is 42.3 Å². The van der Waals surface area contributed by atoms with E-state index < -0.39 is 18.1 Å². The zero-order valence-corrected chi connectivity index (χ0v) is 25.1. The number of carbonyl (C=O) groups is 3. The second-order valence-electron chi connectivity index (χ2n) is 12.8. The first-order valence-corrected chi connectivity index (χ1v) is 15.6. The van der Waals surface area contributed by atoms with Gasteiger partial charge in [0.25, 0.3) is 5.91 Å². The summed E-state index contributed by atoms with van der Waals surface area (Å²) < 4.78 is 5.93. The molecule has 3 N–H and O–H groups in total. The highest BCUT2D eigenvalue weighted by molar-refractivity contribution is 5.99. The molecule has 3 unspecified atom stereocenters. The number of benzene rings is 2. The molecule has 2 aromatic rings. The van der Waals surface area contributed by atoms with Crippen molar-refractivity contribution in [3.8, 4) is 5.75 Å². The molecule has 2 aliphatic carbocycles. The van der Waals surface area contributed by atoms with Gasteiger partial charge in [0.1, 0.15) is 5.75 Å². The summed E-state index contributed by atoms with van der Waals surface area (Å²) >= 11 is 0. The zero-order valence-electron chi connectivity index (χ0n) is 25.1. The van der Waals surface area contributed by atoms with Gasteiger partial charge < -0.3 is 25.4 Å². The molecule has 42 heavy (non-hydrogen) atoms. The van der Waals surface area contributed by atoms with Gasteiger partial charge in [0.15, 0.2) is 0 Å². The molecule has 2 saturated carbocycles. The molecular formula is C34H45N3O5. The van der Waals surface area contributed by atoms with Gasteiger partial charge in [-0.25, -0.2) is 0 Å². The predicted octanol–water partition coefficient (Wildman–Crippen LogP) is 4.63. The molecule has 8 nitrogen and oxygen atoms in total. The SMILES string of the molecule is CC(C)Oc1cc(C(=O)N[C@@H](Cc2ccccc2)[C@H](O)C[C@@H](C)C(=O)NC2CC3CCC2C3)cc(N2CCCC2=O)c1. The Kier molecular flexibility index (Phi) is 9.51. The van der Waals surface area contributed by atoms with E-state index in [0.717, 1.165) is 24.3 Å². The summed E-state index contributed by atoms with van der Waals surface area (Å²) in [6, 6.07) is 14.5. The number of ether oxygens (including phenoxy) is 1. The van der Waals surface area contributed by atoms with Crippen molar-refractivity contribution in [3.05, 3.63) is 59.7 Å². The molecular weight excluding hydrogens is 530 g/mol. The minimum Gasteiger partial charge on any atom is -0.491 e. The number of aliphatic hydroxyl groups excluding tert-OH is 1. The third-order valence-corrected chi connectivity index (χ3v) is 9.10. The Morgan fingerprint density at radius 3 is 2.50 bits per heavy atom. The van der Waals surface area contributed by atoms with Gasteiger partial charge in [-0.3, -0.25) is 14.4 Å². The molecule has 3 amide bonds. The van der Waals surface area contributed by atoms with Crippen LogP contribution >= 0.6 is 0 Å². The number of fused-ring (bicyclic) bond motifs is 2. The highest BCUT2D eigenvalue weighted by Crippen LogP contribution is 2.44. The van der Waals surface area contributed by atoms with Crippen LogP contribution in [0.15, 0.2) is 48.5 Å². The Balaban J connectivity index is 1.31. The third-order valence-electron chi connectivity index (χ3n) is 9.10. The second-order valence-corrected chi connectivity index (χ2v) is 12.8. The Morgan fingerprint density at radius 1 is 1.07 bits per heavy atom. The zero-order chi connectivity index (χ0) is 29.8. The van der Waals surface area contributed by atoms with Crippen molar-refractivity contribution in [2.75, 3.05) is 11.4 Å². The summed E-state index contributed by atoms with van der Waals surface area (Å²) in [5.74, 6) is 1.06. The number of aliphatic hydroxyl groups is 1. The van der Waals surface area contributed by atoms with Gasteiger partial charge in [-0.05, 0) is 81.9 Å². The fourth-order valence-corrected chi connectivity index (χ4v) is 6.91. The molecule has 2 bridgehead atoms. The molecule has 3 aliphatic rings. The Morgan fingerprint density at radius 2 is 1.86 bits per heavy atom. The normalized spacial score (nSPS) is 23.6. The summed E-state index contributed by atoms with van der Waals surface area (Å²) in [5, 5.41) is 17.7. The van der Waals surface area contributed by atoms with E-state index in [1.807, 2.05) is 51.1 Å². The van der Waals surface area contributed by atoms with Crippen molar-refractivity contribution >= 4 is 23.4 Å². The van der Waals surface area contributed by atoms with Crippen molar-refractivity contribution in [1.82, 2.24) is 10.6 Å². The van der Waals surface area contributed by atoms with E-state index in [4.69, 9.17) is 4.74 Å². The van der Waals surface area contributed by atoms with Gasteiger partial charge in [0.2, 0.25) is 11.8 Å². The third kappa shape index (κ3) is 7.33. The van der Waals surface area contributed by atoms with Gasteiger partial charge in [0, 0.05) is 42.2 Å². The number of amides is 3. The van der Waals surface area contributed by atoms with E-state index in [2.05, 4.69) is 10.6 Å². The average Bonchev–Trinajstić information content (AvgIpc) is 3.70. The molecule has 1 saturated heterocycles. The molecule has 0 radical (unpaired) electrons. The molecule has 1 aliphatic heterocycles. The van der Waals surface area contributed by atoms with Crippen molar-refractivity contribution in [1.29, 1.82) is 0 Å². The number of hydrogen-bond acceptors (Lipinski definition) is 5. The van der Waals surface area contributed by atoms with Gasteiger partial charge >= 0.3 is 0 Å². The largest absolute Gasteiger partial charge is 0.491 e.